The Morgan fingerprint density at radius 3 is 2.40 bits per heavy atom. The molecule has 2 aromatic carbocycles. The largest absolute Gasteiger partial charge is 0.425 e. The number of fused-ring (bicyclic) bond motifs is 1. The zero-order chi connectivity index (χ0) is 21.6. The predicted octanol–water partition coefficient (Wildman–Crippen LogP) is 3.03. The first-order valence-corrected chi connectivity index (χ1v) is 9.42. The zero-order valence-electron chi connectivity index (χ0n) is 17.1. The lowest BCUT2D eigenvalue weighted by Gasteiger charge is -2.09. The lowest BCUT2D eigenvalue weighted by atomic mass is 10.1. The average molecular weight is 408 g/mol. The lowest BCUT2D eigenvalue weighted by molar-refractivity contribution is 0.424. The van der Waals surface area contributed by atoms with Crippen molar-refractivity contribution in [3.8, 4) is 11.8 Å². The van der Waals surface area contributed by atoms with Crippen LogP contribution in [0.3, 0.4) is 0 Å². The molecule has 4 rings (SSSR count). The van der Waals surface area contributed by atoms with Gasteiger partial charge in [0.25, 0.3) is 5.56 Å². The molecule has 0 unspecified atom stereocenters. The number of aryl methyl sites for hydroxylation is 4. The molecule has 0 amide bonds. The smallest absolute Gasteiger partial charge is 0.332 e. The van der Waals surface area contributed by atoms with Gasteiger partial charge in [-0.15, -0.1) is 0 Å². The highest BCUT2D eigenvalue weighted by molar-refractivity contribution is 5.72. The van der Waals surface area contributed by atoms with E-state index in [1.54, 1.807) is 30.8 Å². The highest BCUT2D eigenvalue weighted by Crippen LogP contribution is 2.26. The summed E-state index contributed by atoms with van der Waals surface area (Å²) in [7, 11) is 3.23. The highest BCUT2D eigenvalue weighted by atomic mass is 19.1. The second kappa shape index (κ2) is 7.29. The van der Waals surface area contributed by atoms with E-state index in [2.05, 4.69) is 4.98 Å². The van der Waals surface area contributed by atoms with Crippen molar-refractivity contribution in [3.63, 3.8) is 0 Å². The van der Waals surface area contributed by atoms with Crippen LogP contribution in [0.4, 0.5) is 4.39 Å². The molecule has 0 fully saturated rings. The summed E-state index contributed by atoms with van der Waals surface area (Å²) >= 11 is 0. The summed E-state index contributed by atoms with van der Waals surface area (Å²) < 4.78 is 23.1. The van der Waals surface area contributed by atoms with E-state index in [0.717, 1.165) is 15.7 Å². The van der Waals surface area contributed by atoms with E-state index in [1.807, 2.05) is 32.0 Å². The summed E-state index contributed by atoms with van der Waals surface area (Å²) in [6, 6.07) is 11.7. The van der Waals surface area contributed by atoms with Crippen molar-refractivity contribution in [1.82, 2.24) is 18.7 Å². The fourth-order valence-electron chi connectivity index (χ4n) is 3.34. The van der Waals surface area contributed by atoms with Crippen LogP contribution >= 0.6 is 0 Å². The minimum absolute atomic E-state index is 0.0279. The number of nitrogens with zero attached hydrogens (tertiary/aromatic N) is 4. The first kappa shape index (κ1) is 19.6. The maximum atomic E-state index is 13.2. The van der Waals surface area contributed by atoms with Crippen LogP contribution in [0.1, 0.15) is 16.7 Å². The average Bonchev–Trinajstić information content (AvgIpc) is 3.04. The van der Waals surface area contributed by atoms with E-state index in [0.29, 0.717) is 11.3 Å². The van der Waals surface area contributed by atoms with Gasteiger partial charge >= 0.3 is 11.7 Å². The normalized spacial score (nSPS) is 11.2. The van der Waals surface area contributed by atoms with Gasteiger partial charge < -0.3 is 4.74 Å². The van der Waals surface area contributed by atoms with E-state index < -0.39 is 11.2 Å². The maximum Gasteiger partial charge on any atom is 0.332 e. The number of imidazole rings is 1. The molecule has 0 saturated carbocycles. The summed E-state index contributed by atoms with van der Waals surface area (Å²) in [5.41, 5.74) is 2.10. The summed E-state index contributed by atoms with van der Waals surface area (Å²) in [6.45, 7) is 3.90. The predicted molar refractivity (Wildman–Crippen MR) is 112 cm³/mol. The molecule has 8 heteroatoms. The summed E-state index contributed by atoms with van der Waals surface area (Å²) in [6.07, 6.45) is 0. The van der Waals surface area contributed by atoms with Crippen LogP contribution in [-0.4, -0.2) is 18.7 Å². The molecule has 2 heterocycles. The molecule has 0 aliphatic carbocycles. The van der Waals surface area contributed by atoms with Gasteiger partial charge in [-0.25, -0.2) is 9.18 Å². The van der Waals surface area contributed by atoms with Gasteiger partial charge in [0.2, 0.25) is 0 Å². The van der Waals surface area contributed by atoms with Crippen molar-refractivity contribution in [2.75, 3.05) is 0 Å². The van der Waals surface area contributed by atoms with Crippen LogP contribution in [0.5, 0.6) is 11.8 Å². The van der Waals surface area contributed by atoms with Crippen molar-refractivity contribution in [2.45, 2.75) is 20.4 Å². The number of rotatable bonds is 4. The summed E-state index contributed by atoms with van der Waals surface area (Å²) in [4.78, 5) is 30.4. The van der Waals surface area contributed by atoms with Gasteiger partial charge in [-0.1, -0.05) is 24.3 Å². The lowest BCUT2D eigenvalue weighted by Crippen LogP contribution is -2.39. The molecule has 30 heavy (non-hydrogen) atoms. The van der Waals surface area contributed by atoms with Crippen LogP contribution in [-0.2, 0) is 20.6 Å². The van der Waals surface area contributed by atoms with E-state index in [-0.39, 0.29) is 29.5 Å². The fraction of sp³-hybridized carbons (Fsp3) is 0.227. The molecule has 0 N–H and O–H groups in total. The molecule has 7 nitrogen and oxygen atoms in total. The molecule has 4 aromatic rings. The number of hydrogen-bond acceptors (Lipinski definition) is 4. The van der Waals surface area contributed by atoms with Gasteiger partial charge in [0.05, 0.1) is 6.54 Å². The second-order valence-corrected chi connectivity index (χ2v) is 7.36. The number of aromatic nitrogens is 4. The van der Waals surface area contributed by atoms with Crippen molar-refractivity contribution in [1.29, 1.82) is 0 Å². The number of ether oxygens (including phenoxy) is 1. The highest BCUT2D eigenvalue weighted by Gasteiger charge is 2.20. The topological polar surface area (TPSA) is 71.1 Å². The molecule has 0 radical (unpaired) electrons. The third-order valence-electron chi connectivity index (χ3n) is 5.12. The van der Waals surface area contributed by atoms with Crippen molar-refractivity contribution >= 4 is 11.2 Å². The molecule has 154 valence electrons. The molecule has 0 atom stereocenters. The number of benzene rings is 2. The second-order valence-electron chi connectivity index (χ2n) is 7.36. The minimum atomic E-state index is -0.506. The third kappa shape index (κ3) is 3.30. The SMILES string of the molecule is Cc1ccc(C)c(Oc2nc3c(c(=O)n(Cc4ccc(F)cc4)c(=O)n3C)n2C)c1. The zero-order valence-corrected chi connectivity index (χ0v) is 17.1. The monoisotopic (exact) mass is 408 g/mol. The first-order valence-electron chi connectivity index (χ1n) is 9.42. The Morgan fingerprint density at radius 1 is 1.00 bits per heavy atom. The Kier molecular flexibility index (Phi) is 4.77. The van der Waals surface area contributed by atoms with Gasteiger partial charge in [0.1, 0.15) is 11.6 Å². The molecular formula is C22H21FN4O3. The van der Waals surface area contributed by atoms with Crippen LogP contribution in [0.25, 0.3) is 11.2 Å². The Bertz CT molecular complexity index is 1380. The van der Waals surface area contributed by atoms with E-state index in [9.17, 15) is 14.0 Å². The van der Waals surface area contributed by atoms with Gasteiger partial charge in [-0.05, 0) is 48.7 Å². The van der Waals surface area contributed by atoms with E-state index >= 15 is 0 Å². The van der Waals surface area contributed by atoms with Crippen LogP contribution in [0.2, 0.25) is 0 Å². The molecule has 0 aliphatic rings. The van der Waals surface area contributed by atoms with Crippen molar-refractivity contribution in [3.05, 3.63) is 85.8 Å². The van der Waals surface area contributed by atoms with Gasteiger partial charge in [0, 0.05) is 14.1 Å². The van der Waals surface area contributed by atoms with Gasteiger partial charge in [-0.3, -0.25) is 18.5 Å². The summed E-state index contributed by atoms with van der Waals surface area (Å²) in [5.74, 6) is 0.249. The van der Waals surface area contributed by atoms with Crippen molar-refractivity contribution in [2.24, 2.45) is 14.1 Å². The molecule has 2 aromatic heterocycles. The quantitative estimate of drug-likeness (QED) is 0.520. The van der Waals surface area contributed by atoms with E-state index in [4.69, 9.17) is 4.74 Å². The van der Waals surface area contributed by atoms with Gasteiger partial charge in [0.15, 0.2) is 11.2 Å². The summed E-state index contributed by atoms with van der Waals surface area (Å²) in [5, 5.41) is 0. The minimum Gasteiger partial charge on any atom is -0.425 e. The van der Waals surface area contributed by atoms with E-state index in [1.165, 1.54) is 16.7 Å². The van der Waals surface area contributed by atoms with Crippen LogP contribution in [0, 0.1) is 19.7 Å². The Hall–Kier alpha value is -3.68. The molecule has 0 spiro atoms. The Morgan fingerprint density at radius 2 is 1.70 bits per heavy atom. The number of hydrogen-bond donors (Lipinski definition) is 0. The fourth-order valence-corrected chi connectivity index (χ4v) is 3.34. The van der Waals surface area contributed by atoms with Gasteiger partial charge in [-0.2, -0.15) is 4.98 Å². The molecular weight excluding hydrogens is 387 g/mol. The Balaban J connectivity index is 1.85. The van der Waals surface area contributed by atoms with Crippen LogP contribution in [0.15, 0.2) is 52.1 Å². The molecule has 0 saturated heterocycles. The molecule has 0 bridgehead atoms. The number of halogens is 1. The van der Waals surface area contributed by atoms with Crippen molar-refractivity contribution < 1.29 is 9.13 Å². The standard InChI is InChI=1S/C22H21FN4O3/c1-13-5-6-14(2)17(11-13)30-21-24-19-18(25(21)3)20(28)27(22(29)26(19)4)12-15-7-9-16(23)10-8-15/h5-11H,12H2,1-4H3. The molecule has 0 aliphatic heterocycles. The maximum absolute atomic E-state index is 13.2. The third-order valence-corrected chi connectivity index (χ3v) is 5.12. The van der Waals surface area contributed by atoms with Crippen LogP contribution < -0.4 is 16.0 Å². The Labute approximate surface area is 171 Å². The first-order chi connectivity index (χ1) is 14.3.